The van der Waals surface area contributed by atoms with Gasteiger partial charge in [-0.25, -0.2) is 4.79 Å². The number of carbonyl (C=O) groups excluding carboxylic acids is 1. The molecule has 1 saturated heterocycles. The topological polar surface area (TPSA) is 49.8 Å². The first-order valence-corrected chi connectivity index (χ1v) is 11.2. The molecule has 0 atom stereocenters. The molecule has 1 N–H and O–H groups in total. The molecular weight excluding hydrogens is 486 g/mol. The van der Waals surface area contributed by atoms with Crippen LogP contribution in [0.15, 0.2) is 57.5 Å². The Kier molecular flexibility index (Phi) is 7.69. The van der Waals surface area contributed by atoms with Crippen LogP contribution >= 0.6 is 31.9 Å². The van der Waals surface area contributed by atoms with Crippen molar-refractivity contribution in [2.45, 2.75) is 31.3 Å². The molecule has 1 heterocycles. The zero-order chi connectivity index (χ0) is 20.0. The minimum atomic E-state index is -1.84. The van der Waals surface area contributed by atoms with Crippen LogP contribution in [0.5, 0.6) is 0 Å². The molecule has 4 nitrogen and oxygen atoms in total. The number of piperidine rings is 1. The van der Waals surface area contributed by atoms with Gasteiger partial charge < -0.3 is 14.7 Å². The van der Waals surface area contributed by atoms with E-state index in [-0.39, 0.29) is 0 Å². The number of nitrogens with zero attached hydrogens (tertiary/aromatic N) is 1. The molecule has 0 spiro atoms. The summed E-state index contributed by atoms with van der Waals surface area (Å²) in [6.45, 7) is 3.46. The van der Waals surface area contributed by atoms with E-state index in [9.17, 15) is 9.90 Å². The summed E-state index contributed by atoms with van der Waals surface area (Å²) < 4.78 is 7.29. The van der Waals surface area contributed by atoms with Crippen molar-refractivity contribution in [2.75, 3.05) is 26.2 Å². The van der Waals surface area contributed by atoms with E-state index in [1.165, 1.54) is 19.3 Å². The minimum absolute atomic E-state index is 0.296. The third kappa shape index (κ3) is 5.23. The van der Waals surface area contributed by atoms with Crippen molar-refractivity contribution in [2.24, 2.45) is 0 Å². The van der Waals surface area contributed by atoms with E-state index in [1.807, 2.05) is 24.3 Å². The minimum Gasteiger partial charge on any atom is -0.463 e. The zero-order valence-electron chi connectivity index (χ0n) is 15.7. The summed E-state index contributed by atoms with van der Waals surface area (Å²) in [6, 6.07) is 14.2. The Balaban J connectivity index is 1.71. The Morgan fingerprint density at radius 3 is 1.93 bits per heavy atom. The molecule has 0 radical (unpaired) electrons. The van der Waals surface area contributed by atoms with E-state index < -0.39 is 11.6 Å². The van der Waals surface area contributed by atoms with Crippen molar-refractivity contribution in [3.63, 3.8) is 0 Å². The molecule has 0 unspecified atom stereocenters. The third-order valence-corrected chi connectivity index (χ3v) is 6.18. The van der Waals surface area contributed by atoms with Gasteiger partial charge in [0.25, 0.3) is 0 Å². The average Bonchev–Trinajstić information content (AvgIpc) is 2.72. The lowest BCUT2D eigenvalue weighted by molar-refractivity contribution is -0.162. The van der Waals surface area contributed by atoms with Gasteiger partial charge in [-0.1, -0.05) is 62.5 Å². The van der Waals surface area contributed by atoms with Gasteiger partial charge in [-0.05, 0) is 67.7 Å². The Bertz CT molecular complexity index is 726. The highest BCUT2D eigenvalue weighted by Gasteiger charge is 2.41. The summed E-state index contributed by atoms with van der Waals surface area (Å²) in [5.74, 6) is -0.643. The summed E-state index contributed by atoms with van der Waals surface area (Å²) in [7, 11) is 0. The van der Waals surface area contributed by atoms with E-state index in [2.05, 4.69) is 36.8 Å². The van der Waals surface area contributed by atoms with Gasteiger partial charge in [0, 0.05) is 15.5 Å². The van der Waals surface area contributed by atoms with Gasteiger partial charge in [0.15, 0.2) is 0 Å². The summed E-state index contributed by atoms with van der Waals surface area (Å²) in [5, 5.41) is 11.4. The fraction of sp³-hybridized carbons (Fsp3) is 0.409. The van der Waals surface area contributed by atoms with Gasteiger partial charge in [0.1, 0.15) is 0 Å². The molecule has 0 aliphatic carbocycles. The number of aliphatic hydroxyl groups is 1. The number of halogens is 2. The summed E-state index contributed by atoms with van der Waals surface area (Å²) in [4.78, 5) is 15.4. The highest BCUT2D eigenvalue weighted by atomic mass is 79.9. The van der Waals surface area contributed by atoms with Crippen LogP contribution in [0, 0.1) is 0 Å². The Labute approximate surface area is 183 Å². The number of hydrogen-bond donors (Lipinski definition) is 1. The van der Waals surface area contributed by atoms with Gasteiger partial charge in [0.2, 0.25) is 5.60 Å². The van der Waals surface area contributed by atoms with E-state index >= 15 is 0 Å². The van der Waals surface area contributed by atoms with Crippen LogP contribution in [0.25, 0.3) is 0 Å². The average molecular weight is 511 g/mol. The van der Waals surface area contributed by atoms with E-state index in [4.69, 9.17) is 4.74 Å². The van der Waals surface area contributed by atoms with Crippen LogP contribution in [-0.4, -0.2) is 42.2 Å². The number of carbonyl (C=O) groups is 1. The molecule has 150 valence electrons. The third-order valence-electron chi connectivity index (χ3n) is 5.12. The van der Waals surface area contributed by atoms with E-state index in [0.717, 1.165) is 35.0 Å². The summed E-state index contributed by atoms with van der Waals surface area (Å²) in [5.41, 5.74) is -0.870. The van der Waals surface area contributed by atoms with Crippen molar-refractivity contribution in [1.82, 2.24) is 4.90 Å². The quantitative estimate of drug-likeness (QED) is 0.426. The fourth-order valence-electron chi connectivity index (χ4n) is 3.53. The summed E-state index contributed by atoms with van der Waals surface area (Å²) in [6.07, 6.45) is 4.56. The molecule has 6 heteroatoms. The first-order valence-electron chi connectivity index (χ1n) is 9.64. The molecule has 1 fully saturated rings. The first kappa shape index (κ1) is 21.5. The normalized spacial score (nSPS) is 15.4. The van der Waals surface area contributed by atoms with Gasteiger partial charge in [-0.3, -0.25) is 0 Å². The van der Waals surface area contributed by atoms with Gasteiger partial charge in [0.05, 0.1) is 6.61 Å². The fourth-order valence-corrected chi connectivity index (χ4v) is 4.05. The molecule has 1 aliphatic heterocycles. The molecule has 2 aromatic carbocycles. The van der Waals surface area contributed by atoms with Gasteiger partial charge in [-0.15, -0.1) is 0 Å². The maximum atomic E-state index is 13.0. The predicted molar refractivity (Wildman–Crippen MR) is 117 cm³/mol. The van der Waals surface area contributed by atoms with Crippen LogP contribution < -0.4 is 0 Å². The largest absolute Gasteiger partial charge is 0.463 e. The van der Waals surface area contributed by atoms with Crippen molar-refractivity contribution < 1.29 is 14.6 Å². The Morgan fingerprint density at radius 1 is 0.929 bits per heavy atom. The molecule has 0 aromatic heterocycles. The molecule has 0 amide bonds. The van der Waals surface area contributed by atoms with Crippen LogP contribution in [-0.2, 0) is 15.1 Å². The lowest BCUT2D eigenvalue weighted by Gasteiger charge is -2.28. The lowest BCUT2D eigenvalue weighted by Crippen LogP contribution is -2.39. The van der Waals surface area contributed by atoms with Gasteiger partial charge in [-0.2, -0.15) is 0 Å². The number of likely N-dealkylation sites (tertiary alicyclic amines) is 1. The molecule has 0 bridgehead atoms. The SMILES string of the molecule is O=C(OCCCN1CCCCC1)C(O)(c1ccc(Br)cc1)c1ccc(Br)cc1. The highest BCUT2D eigenvalue weighted by Crippen LogP contribution is 2.33. The molecular formula is C22H25Br2NO3. The van der Waals surface area contributed by atoms with Crippen molar-refractivity contribution >= 4 is 37.8 Å². The molecule has 1 aliphatic rings. The zero-order valence-corrected chi connectivity index (χ0v) is 18.9. The van der Waals surface area contributed by atoms with E-state index in [1.54, 1.807) is 24.3 Å². The highest BCUT2D eigenvalue weighted by molar-refractivity contribution is 9.10. The standard InChI is InChI=1S/C22H25Br2NO3/c23-19-9-5-17(6-10-19)22(27,18-7-11-20(24)12-8-18)21(26)28-16-4-15-25-13-2-1-3-14-25/h5-12,27H,1-4,13-16H2. The second-order valence-electron chi connectivity index (χ2n) is 7.12. The van der Waals surface area contributed by atoms with Crippen molar-refractivity contribution in [3.8, 4) is 0 Å². The first-order chi connectivity index (χ1) is 13.5. The Hall–Kier alpha value is -1.21. The number of ether oxygens (including phenoxy) is 1. The van der Waals surface area contributed by atoms with Crippen LogP contribution in [0.1, 0.15) is 36.8 Å². The number of benzene rings is 2. The molecule has 2 aromatic rings. The maximum absolute atomic E-state index is 13.0. The second-order valence-corrected chi connectivity index (χ2v) is 8.95. The van der Waals surface area contributed by atoms with Crippen LogP contribution in [0.2, 0.25) is 0 Å². The van der Waals surface area contributed by atoms with Crippen molar-refractivity contribution in [1.29, 1.82) is 0 Å². The monoisotopic (exact) mass is 509 g/mol. The van der Waals surface area contributed by atoms with Crippen LogP contribution in [0.3, 0.4) is 0 Å². The molecule has 0 saturated carbocycles. The lowest BCUT2D eigenvalue weighted by atomic mass is 9.86. The smallest absolute Gasteiger partial charge is 0.347 e. The molecule has 3 rings (SSSR count). The number of hydrogen-bond acceptors (Lipinski definition) is 4. The maximum Gasteiger partial charge on any atom is 0.347 e. The molecule has 28 heavy (non-hydrogen) atoms. The van der Waals surface area contributed by atoms with E-state index in [0.29, 0.717) is 17.7 Å². The van der Waals surface area contributed by atoms with Crippen LogP contribution in [0.4, 0.5) is 0 Å². The second kappa shape index (κ2) is 10.0. The van der Waals surface area contributed by atoms with Crippen molar-refractivity contribution in [3.05, 3.63) is 68.6 Å². The summed E-state index contributed by atoms with van der Waals surface area (Å²) >= 11 is 6.79. The number of rotatable bonds is 7. The number of esters is 1. The van der Waals surface area contributed by atoms with Gasteiger partial charge >= 0.3 is 5.97 Å². The Morgan fingerprint density at radius 2 is 1.43 bits per heavy atom. The predicted octanol–water partition coefficient (Wildman–Crippen LogP) is 4.87.